The van der Waals surface area contributed by atoms with Crippen LogP contribution < -0.4 is 15.3 Å². The third-order valence-corrected chi connectivity index (χ3v) is 5.99. The van der Waals surface area contributed by atoms with Crippen LogP contribution in [0.5, 0.6) is 0 Å². The van der Waals surface area contributed by atoms with Crippen molar-refractivity contribution in [1.29, 1.82) is 0 Å². The summed E-state index contributed by atoms with van der Waals surface area (Å²) in [6.45, 7) is 1.78. The molecule has 0 radical (unpaired) electrons. The zero-order valence-electron chi connectivity index (χ0n) is 18.0. The Kier molecular flexibility index (Phi) is 6.18. The van der Waals surface area contributed by atoms with Crippen LogP contribution >= 0.6 is 0 Å². The zero-order valence-corrected chi connectivity index (χ0v) is 18.0. The Labute approximate surface area is 188 Å². The number of hydrogen-bond acceptors (Lipinski definition) is 4. The number of aryl methyl sites for hydroxylation is 1. The number of carbonyl (C=O) groups is 2. The zero-order chi connectivity index (χ0) is 23.8. The topological polar surface area (TPSA) is 55.9 Å². The number of halogens is 4. The van der Waals surface area contributed by atoms with Crippen LogP contribution in [0.25, 0.3) is 0 Å². The summed E-state index contributed by atoms with van der Waals surface area (Å²) in [6.07, 6.45) is -4.38. The maximum Gasteiger partial charge on any atom is 0.416 e. The number of fused-ring (bicyclic) bond motifs is 4. The van der Waals surface area contributed by atoms with Crippen LogP contribution in [0.3, 0.4) is 0 Å². The molecule has 1 atom stereocenters. The van der Waals surface area contributed by atoms with E-state index in [1.807, 2.05) is 19.1 Å². The minimum Gasteiger partial charge on any atom is -0.353 e. The third kappa shape index (κ3) is 5.04. The highest BCUT2D eigenvalue weighted by molar-refractivity contribution is 5.87. The van der Waals surface area contributed by atoms with Crippen LogP contribution in [-0.4, -0.2) is 48.9 Å². The fraction of sp³-hybridized carbons (Fsp3) is 0.391. The van der Waals surface area contributed by atoms with Gasteiger partial charge in [-0.05, 0) is 48.7 Å². The molecule has 1 saturated heterocycles. The average molecular weight is 464 g/mol. The van der Waals surface area contributed by atoms with Gasteiger partial charge in [0, 0.05) is 25.3 Å². The highest BCUT2D eigenvalue weighted by Crippen LogP contribution is 2.34. The lowest BCUT2D eigenvalue weighted by atomic mass is 10.1. The highest BCUT2D eigenvalue weighted by atomic mass is 19.4. The van der Waals surface area contributed by atoms with Gasteiger partial charge in [0.2, 0.25) is 11.8 Å². The summed E-state index contributed by atoms with van der Waals surface area (Å²) in [5, 5.41) is 2.90. The van der Waals surface area contributed by atoms with E-state index in [2.05, 4.69) is 5.32 Å². The third-order valence-electron chi connectivity index (χ3n) is 5.99. The predicted octanol–water partition coefficient (Wildman–Crippen LogP) is 3.44. The van der Waals surface area contributed by atoms with Crippen LogP contribution in [0.15, 0.2) is 42.5 Å². The maximum atomic E-state index is 15.2. The number of rotatable bonds is 1. The Hall–Kier alpha value is -3.30. The summed E-state index contributed by atoms with van der Waals surface area (Å²) in [7, 11) is 0. The number of amides is 2. The molecule has 2 aromatic rings. The highest BCUT2D eigenvalue weighted by Gasteiger charge is 2.35. The van der Waals surface area contributed by atoms with E-state index in [1.165, 1.54) is 11.0 Å². The number of anilines is 2. The van der Waals surface area contributed by atoms with Gasteiger partial charge in [-0.15, -0.1) is 0 Å². The molecule has 2 amide bonds. The van der Waals surface area contributed by atoms with Gasteiger partial charge in [-0.25, -0.2) is 5.12 Å². The van der Waals surface area contributed by atoms with Crippen LogP contribution in [0.2, 0.25) is 0 Å². The average Bonchev–Trinajstić information content (AvgIpc) is 3.26. The normalized spacial score (nSPS) is 20.0. The summed E-state index contributed by atoms with van der Waals surface area (Å²) < 4.78 is 55.4. The molecule has 0 aromatic heterocycles. The quantitative estimate of drug-likeness (QED) is 0.519. The van der Waals surface area contributed by atoms with Gasteiger partial charge in [0.25, 0.3) is 0 Å². The monoisotopic (exact) mass is 464 g/mol. The van der Waals surface area contributed by atoms with Gasteiger partial charge < -0.3 is 15.1 Å². The lowest BCUT2D eigenvalue weighted by Crippen LogP contribution is -2.45. The molecule has 0 spiro atoms. The summed E-state index contributed by atoms with van der Waals surface area (Å²) in [5.41, 5.74) is 0.480. The van der Waals surface area contributed by atoms with Gasteiger partial charge in [0.1, 0.15) is 0 Å². The van der Waals surface area contributed by atoms with Crippen molar-refractivity contribution in [2.24, 2.45) is 0 Å². The molecule has 4 bridgehead atoms. The molecule has 1 unspecified atom stereocenters. The molecule has 2 heterocycles. The van der Waals surface area contributed by atoms with E-state index in [0.717, 1.165) is 17.7 Å². The van der Waals surface area contributed by atoms with Crippen molar-refractivity contribution in [3.8, 4) is 0 Å². The summed E-state index contributed by atoms with van der Waals surface area (Å²) >= 11 is 0. The molecule has 2 aromatic carbocycles. The molecular formula is C23H24F4N4O2. The second-order valence-corrected chi connectivity index (χ2v) is 8.40. The van der Waals surface area contributed by atoms with E-state index in [4.69, 9.17) is 0 Å². The van der Waals surface area contributed by atoms with Crippen molar-refractivity contribution >= 4 is 23.2 Å². The first-order chi connectivity index (χ1) is 15.6. The van der Waals surface area contributed by atoms with Gasteiger partial charge >= 0.3 is 6.18 Å². The molecular weight excluding hydrogens is 440 g/mol. The minimum atomic E-state index is -4.67. The summed E-state index contributed by atoms with van der Waals surface area (Å²) in [6, 6.07) is 9.51. The van der Waals surface area contributed by atoms with Gasteiger partial charge in [-0.1, -0.05) is 22.7 Å². The molecule has 176 valence electrons. The molecule has 4 rings (SSSR count). The van der Waals surface area contributed by atoms with Crippen LogP contribution in [0.4, 0.5) is 29.0 Å². The molecule has 1 fully saturated rings. The van der Waals surface area contributed by atoms with E-state index in [-0.39, 0.29) is 56.3 Å². The number of nitrogens with one attached hydrogen (secondary N) is 1. The van der Waals surface area contributed by atoms with Crippen molar-refractivity contribution < 1.29 is 27.2 Å². The molecule has 10 heteroatoms. The van der Waals surface area contributed by atoms with Crippen molar-refractivity contribution in [3.63, 3.8) is 0 Å². The van der Waals surface area contributed by atoms with Gasteiger partial charge in [-0.2, -0.15) is 13.2 Å². The Morgan fingerprint density at radius 1 is 1.03 bits per heavy atom. The maximum absolute atomic E-state index is 15.2. The summed E-state index contributed by atoms with van der Waals surface area (Å²) in [4.78, 5) is 28.8. The Bertz CT molecular complexity index is 1060. The predicted molar refractivity (Wildman–Crippen MR) is 115 cm³/mol. The van der Waals surface area contributed by atoms with Crippen molar-refractivity contribution in [2.75, 3.05) is 36.2 Å². The second-order valence-electron chi connectivity index (χ2n) is 8.40. The molecule has 2 aliphatic heterocycles. The number of carbonyl (C=O) groups excluding carboxylic acids is 2. The van der Waals surface area contributed by atoms with Crippen molar-refractivity contribution in [2.45, 2.75) is 32.1 Å². The first-order valence-corrected chi connectivity index (χ1v) is 10.6. The second kappa shape index (κ2) is 8.92. The SMILES string of the molecule is Cc1ccccc1N1CC(=O)NCc2cc(cc(C(F)(F)F)c2)N(F)C2CCN(C2)C(=O)C1. The number of hydrogen-bond donors (Lipinski definition) is 1. The standard InChI is InChI=1S/C23H24F4N4O2/c1-15-4-2-3-5-20(15)30-13-21(32)28-11-16-8-17(23(24,25)26)10-19(9-16)31(27)18-6-7-29(12-18)22(33)14-30/h2-5,8-10,18H,6-7,11-14H2,1H3,(H,28,32). The van der Waals surface area contributed by atoms with Gasteiger partial charge in [-0.3, -0.25) is 9.59 Å². The van der Waals surface area contributed by atoms with E-state index in [9.17, 15) is 22.8 Å². The molecule has 33 heavy (non-hydrogen) atoms. The Morgan fingerprint density at radius 2 is 1.79 bits per heavy atom. The largest absolute Gasteiger partial charge is 0.416 e. The lowest BCUT2D eigenvalue weighted by Gasteiger charge is -2.29. The van der Waals surface area contributed by atoms with Crippen LogP contribution in [-0.2, 0) is 22.3 Å². The molecule has 2 aliphatic rings. The molecule has 6 nitrogen and oxygen atoms in total. The first-order valence-electron chi connectivity index (χ1n) is 10.6. The summed E-state index contributed by atoms with van der Waals surface area (Å²) in [5.74, 6) is -0.734. The molecule has 0 saturated carbocycles. The Morgan fingerprint density at radius 3 is 2.52 bits per heavy atom. The molecule has 0 aliphatic carbocycles. The van der Waals surface area contributed by atoms with Crippen molar-refractivity contribution in [3.05, 3.63) is 59.2 Å². The lowest BCUT2D eigenvalue weighted by molar-refractivity contribution is -0.137. The fourth-order valence-corrected chi connectivity index (χ4v) is 4.26. The smallest absolute Gasteiger partial charge is 0.353 e. The van der Waals surface area contributed by atoms with Gasteiger partial charge in [0.15, 0.2) is 0 Å². The van der Waals surface area contributed by atoms with E-state index < -0.39 is 23.7 Å². The van der Waals surface area contributed by atoms with Crippen molar-refractivity contribution in [1.82, 2.24) is 10.2 Å². The van der Waals surface area contributed by atoms with E-state index >= 15 is 4.48 Å². The van der Waals surface area contributed by atoms with E-state index in [0.29, 0.717) is 10.8 Å². The first kappa shape index (κ1) is 22.9. The van der Waals surface area contributed by atoms with E-state index in [1.54, 1.807) is 17.0 Å². The number of alkyl halides is 3. The fourth-order valence-electron chi connectivity index (χ4n) is 4.26. The van der Waals surface area contributed by atoms with Gasteiger partial charge in [0.05, 0.1) is 30.4 Å². The number of para-hydroxylation sites is 1. The Balaban J connectivity index is 1.70. The minimum absolute atomic E-state index is 0.0503. The number of nitrogens with zero attached hydrogens (tertiary/aromatic N) is 3. The molecule has 1 N–H and O–H groups in total. The van der Waals surface area contributed by atoms with Crippen LogP contribution in [0, 0.1) is 6.92 Å². The van der Waals surface area contributed by atoms with Crippen LogP contribution in [0.1, 0.15) is 23.1 Å². The number of benzene rings is 2.